The number of nitro groups is 1. The number of allylic oxidation sites excluding steroid dienone is 3. The highest BCUT2D eigenvalue weighted by Crippen LogP contribution is 2.28. The summed E-state index contributed by atoms with van der Waals surface area (Å²) in [7, 11) is 0. The zero-order valence-electron chi connectivity index (χ0n) is 9.04. The van der Waals surface area contributed by atoms with Gasteiger partial charge in [-0.25, -0.2) is 0 Å². The molecule has 0 spiro atoms. The summed E-state index contributed by atoms with van der Waals surface area (Å²) in [6.45, 7) is 0. The molecule has 0 aromatic heterocycles. The monoisotopic (exact) mass is 245 g/mol. The molecule has 1 aliphatic rings. The van der Waals surface area contributed by atoms with Gasteiger partial charge in [-0.3, -0.25) is 10.1 Å². The number of thiol groups is 1. The van der Waals surface area contributed by atoms with Crippen LogP contribution in [0.3, 0.4) is 0 Å². The Hall–Kier alpha value is -1.81. The molecular weight excluding hydrogens is 234 g/mol. The maximum absolute atomic E-state index is 11.0. The van der Waals surface area contributed by atoms with Crippen molar-refractivity contribution >= 4 is 18.7 Å². The molecule has 0 radical (unpaired) electrons. The van der Waals surface area contributed by atoms with Crippen molar-refractivity contribution in [1.29, 1.82) is 0 Å². The molecule has 1 aliphatic carbocycles. The molecule has 2 rings (SSSR count). The number of nitrogens with zero attached hydrogens (tertiary/aromatic N) is 1. The summed E-state index contributed by atoms with van der Waals surface area (Å²) in [5.41, 5.74) is 1.74. The smallest absolute Gasteiger partial charge is 0.258 e. The molecule has 0 atom stereocenters. The molecule has 0 N–H and O–H groups in total. The van der Waals surface area contributed by atoms with Gasteiger partial charge >= 0.3 is 0 Å². The SMILES string of the molecule is O=[N+]([O-])C1=C(S)C=CCC1=Cc1ccccc1. The lowest BCUT2D eigenvalue weighted by Crippen LogP contribution is -2.06. The van der Waals surface area contributed by atoms with Gasteiger partial charge < -0.3 is 0 Å². The van der Waals surface area contributed by atoms with E-state index in [1.807, 2.05) is 42.5 Å². The second-order valence-corrected chi connectivity index (χ2v) is 4.16. The Bertz CT molecular complexity index is 530. The van der Waals surface area contributed by atoms with Gasteiger partial charge in [0, 0.05) is 5.57 Å². The molecule has 0 aliphatic heterocycles. The van der Waals surface area contributed by atoms with Crippen LogP contribution >= 0.6 is 12.6 Å². The number of hydrogen-bond acceptors (Lipinski definition) is 3. The van der Waals surface area contributed by atoms with E-state index in [0.29, 0.717) is 16.9 Å². The molecule has 1 aromatic rings. The molecule has 0 fully saturated rings. The topological polar surface area (TPSA) is 43.1 Å². The van der Waals surface area contributed by atoms with E-state index in [1.165, 1.54) is 0 Å². The average Bonchev–Trinajstić information content (AvgIpc) is 2.30. The summed E-state index contributed by atoms with van der Waals surface area (Å²) in [6, 6.07) is 9.56. The van der Waals surface area contributed by atoms with Crippen LogP contribution in [-0.4, -0.2) is 4.92 Å². The highest BCUT2D eigenvalue weighted by atomic mass is 32.1. The Morgan fingerprint density at radius 3 is 2.65 bits per heavy atom. The van der Waals surface area contributed by atoms with E-state index in [4.69, 9.17) is 0 Å². The zero-order valence-corrected chi connectivity index (χ0v) is 9.93. The number of benzene rings is 1. The lowest BCUT2D eigenvalue weighted by molar-refractivity contribution is -0.421. The van der Waals surface area contributed by atoms with Gasteiger partial charge in [0.2, 0.25) is 0 Å². The molecule has 4 heteroatoms. The molecule has 0 amide bonds. The third kappa shape index (κ3) is 2.65. The Labute approximate surface area is 105 Å². The van der Waals surface area contributed by atoms with Crippen molar-refractivity contribution in [3.63, 3.8) is 0 Å². The van der Waals surface area contributed by atoms with Gasteiger partial charge in [0.05, 0.1) is 9.83 Å². The molecule has 0 saturated heterocycles. The van der Waals surface area contributed by atoms with Crippen molar-refractivity contribution in [1.82, 2.24) is 0 Å². The minimum atomic E-state index is -0.374. The minimum Gasteiger partial charge on any atom is -0.258 e. The van der Waals surface area contributed by atoms with Gasteiger partial charge in [-0.1, -0.05) is 36.4 Å². The number of hydrogen-bond donors (Lipinski definition) is 1. The van der Waals surface area contributed by atoms with E-state index in [0.717, 1.165) is 5.56 Å². The quantitative estimate of drug-likeness (QED) is 0.492. The summed E-state index contributed by atoms with van der Waals surface area (Å²) in [5.74, 6) is 0. The van der Waals surface area contributed by atoms with Crippen molar-refractivity contribution in [3.05, 3.63) is 74.3 Å². The average molecular weight is 245 g/mol. The molecule has 0 bridgehead atoms. The maximum Gasteiger partial charge on any atom is 0.286 e. The van der Waals surface area contributed by atoms with Crippen LogP contribution in [0, 0.1) is 10.1 Å². The summed E-state index contributed by atoms with van der Waals surface area (Å²) in [5, 5.41) is 11.0. The first-order valence-electron chi connectivity index (χ1n) is 5.18. The Balaban J connectivity index is 2.43. The first-order chi connectivity index (χ1) is 8.18. The van der Waals surface area contributed by atoms with E-state index >= 15 is 0 Å². The van der Waals surface area contributed by atoms with Crippen LogP contribution in [0.15, 0.2) is 58.7 Å². The molecule has 0 heterocycles. The molecule has 0 unspecified atom stereocenters. The van der Waals surface area contributed by atoms with Crippen molar-refractivity contribution in [2.45, 2.75) is 6.42 Å². The van der Waals surface area contributed by atoms with E-state index < -0.39 is 0 Å². The van der Waals surface area contributed by atoms with E-state index in [9.17, 15) is 10.1 Å². The first-order valence-corrected chi connectivity index (χ1v) is 5.63. The van der Waals surface area contributed by atoms with Crippen LogP contribution < -0.4 is 0 Å². The maximum atomic E-state index is 11.0. The Morgan fingerprint density at radius 2 is 2.00 bits per heavy atom. The van der Waals surface area contributed by atoms with Gasteiger partial charge in [-0.2, -0.15) is 0 Å². The van der Waals surface area contributed by atoms with Gasteiger partial charge in [-0.05, 0) is 24.1 Å². The normalized spacial score (nSPS) is 17.6. The van der Waals surface area contributed by atoms with Gasteiger partial charge in [0.15, 0.2) is 0 Å². The molecule has 1 aromatic carbocycles. The fourth-order valence-corrected chi connectivity index (χ4v) is 2.06. The van der Waals surface area contributed by atoms with Crippen LogP contribution in [0.4, 0.5) is 0 Å². The summed E-state index contributed by atoms with van der Waals surface area (Å²) in [4.78, 5) is 11.0. The molecule has 17 heavy (non-hydrogen) atoms. The van der Waals surface area contributed by atoms with Crippen LogP contribution in [0.1, 0.15) is 12.0 Å². The first kappa shape index (κ1) is 11.7. The highest BCUT2D eigenvalue weighted by Gasteiger charge is 2.22. The van der Waals surface area contributed by atoms with Gasteiger partial charge in [0.1, 0.15) is 0 Å². The van der Waals surface area contributed by atoms with Gasteiger partial charge in [-0.15, -0.1) is 12.6 Å². The van der Waals surface area contributed by atoms with Crippen molar-refractivity contribution < 1.29 is 4.92 Å². The third-order valence-electron chi connectivity index (χ3n) is 2.48. The Kier molecular flexibility index (Phi) is 3.44. The minimum absolute atomic E-state index is 0.0969. The van der Waals surface area contributed by atoms with Crippen molar-refractivity contribution in [2.75, 3.05) is 0 Å². The van der Waals surface area contributed by atoms with Crippen LogP contribution in [0.5, 0.6) is 0 Å². The predicted molar refractivity (Wildman–Crippen MR) is 71.2 cm³/mol. The van der Waals surface area contributed by atoms with E-state index in [2.05, 4.69) is 12.6 Å². The summed E-state index contributed by atoms with van der Waals surface area (Å²) >= 11 is 4.13. The lowest BCUT2D eigenvalue weighted by Gasteiger charge is -2.08. The third-order valence-corrected chi connectivity index (χ3v) is 2.84. The summed E-state index contributed by atoms with van der Waals surface area (Å²) < 4.78 is 0. The van der Waals surface area contributed by atoms with Crippen molar-refractivity contribution in [2.24, 2.45) is 0 Å². The second kappa shape index (κ2) is 5.01. The molecular formula is C13H11NO2S. The van der Waals surface area contributed by atoms with Gasteiger partial charge in [0.25, 0.3) is 5.70 Å². The fourth-order valence-electron chi connectivity index (χ4n) is 1.73. The predicted octanol–water partition coefficient (Wildman–Crippen LogP) is 3.45. The molecule has 0 saturated carbocycles. The molecule has 86 valence electrons. The lowest BCUT2D eigenvalue weighted by atomic mass is 10.0. The van der Waals surface area contributed by atoms with E-state index in [-0.39, 0.29) is 10.6 Å². The zero-order chi connectivity index (χ0) is 12.3. The van der Waals surface area contributed by atoms with Crippen LogP contribution in [0.25, 0.3) is 6.08 Å². The van der Waals surface area contributed by atoms with Crippen LogP contribution in [0.2, 0.25) is 0 Å². The largest absolute Gasteiger partial charge is 0.286 e. The highest BCUT2D eigenvalue weighted by molar-refractivity contribution is 7.84. The molecule has 3 nitrogen and oxygen atoms in total. The Morgan fingerprint density at radius 1 is 1.29 bits per heavy atom. The number of rotatable bonds is 2. The second-order valence-electron chi connectivity index (χ2n) is 3.68. The standard InChI is InChI=1S/C13H11NO2S/c15-14(16)13-11(7-4-8-12(13)17)9-10-5-2-1-3-6-10/h1-6,8-9,17H,7H2. The van der Waals surface area contributed by atoms with Crippen molar-refractivity contribution in [3.8, 4) is 0 Å². The van der Waals surface area contributed by atoms with E-state index in [1.54, 1.807) is 6.08 Å². The fraction of sp³-hybridized carbons (Fsp3) is 0.0769. The summed E-state index contributed by atoms with van der Waals surface area (Å²) in [6.07, 6.45) is 5.95. The van der Waals surface area contributed by atoms with Crippen LogP contribution in [-0.2, 0) is 0 Å².